The van der Waals surface area contributed by atoms with Gasteiger partial charge in [-0.25, -0.2) is 0 Å². The summed E-state index contributed by atoms with van der Waals surface area (Å²) in [5.74, 6) is 0. The molecule has 0 rings (SSSR count). The molecule has 2 atom stereocenters. The van der Waals surface area contributed by atoms with E-state index >= 15 is 0 Å². The average molecular weight is 606 g/mol. The van der Waals surface area contributed by atoms with E-state index in [1.165, 1.54) is 51.8 Å². The van der Waals surface area contributed by atoms with Gasteiger partial charge in [0.15, 0.2) is 0 Å². The summed E-state index contributed by atoms with van der Waals surface area (Å²) in [7, 11) is -1.82. The van der Waals surface area contributed by atoms with Gasteiger partial charge in [-0.3, -0.25) is 0 Å². The molecule has 0 aromatic rings. The first kappa shape index (κ1) is 34.6. The van der Waals surface area contributed by atoms with E-state index < -0.39 is 26.7 Å². The van der Waals surface area contributed by atoms with Crippen molar-refractivity contribution in [2.75, 3.05) is 13.2 Å². The summed E-state index contributed by atoms with van der Waals surface area (Å²) >= 11 is -2.30. The first-order valence-corrected chi connectivity index (χ1v) is 25.2. The molecule has 0 aromatic carbocycles. The number of hydrogen-bond donors (Lipinski definition) is 0. The Morgan fingerprint density at radius 3 is 1.76 bits per heavy atom. The van der Waals surface area contributed by atoms with Gasteiger partial charge in [0, 0.05) is 0 Å². The molecular formula is C29H62O3SiSn. The van der Waals surface area contributed by atoms with Crippen LogP contribution in [0.5, 0.6) is 0 Å². The minimum absolute atomic E-state index is 0.102. The number of hydrogen-bond acceptors (Lipinski definition) is 3. The third-order valence-electron chi connectivity index (χ3n) is 7.64. The van der Waals surface area contributed by atoms with Crippen molar-refractivity contribution in [2.45, 2.75) is 157 Å². The maximum atomic E-state index is 7.00. The second-order valence-corrected chi connectivity index (χ2v) is 29.6. The third-order valence-corrected chi connectivity index (χ3v) is 26.3. The van der Waals surface area contributed by atoms with Crippen LogP contribution < -0.4 is 0 Å². The van der Waals surface area contributed by atoms with Crippen molar-refractivity contribution < 1.29 is 13.9 Å². The molecule has 0 saturated carbocycles. The molecule has 0 fully saturated rings. The van der Waals surface area contributed by atoms with Gasteiger partial charge in [0.05, 0.1) is 0 Å². The Hall–Kier alpha value is 0.636. The van der Waals surface area contributed by atoms with Crippen LogP contribution in [0.2, 0.25) is 31.4 Å². The van der Waals surface area contributed by atoms with E-state index in [0.29, 0.717) is 6.61 Å². The molecule has 34 heavy (non-hydrogen) atoms. The fraction of sp³-hybridized carbons (Fsp3) is 0.931. The standard InChI is InChI=1S/C17H35O3Si.3C4H9.Sn/c1-9-16(20-21(7,8)17(4,5)6)13-11-12-14-19-15(3)18-10-2;3*1-3-4-2;/h1,9,15-16H,10-14H2,2-8H3;3*1,3-4H2,2H3;. The fourth-order valence-electron chi connectivity index (χ4n) is 4.25. The van der Waals surface area contributed by atoms with Gasteiger partial charge in [0.1, 0.15) is 0 Å². The minimum atomic E-state index is -2.30. The van der Waals surface area contributed by atoms with Gasteiger partial charge in [-0.05, 0) is 0 Å². The third kappa shape index (κ3) is 15.0. The Kier molecular flexibility index (Phi) is 19.2. The summed E-state index contributed by atoms with van der Waals surface area (Å²) in [5, 5.41) is 0.238. The molecule has 0 N–H and O–H groups in total. The Balaban J connectivity index is 5.49. The fourth-order valence-corrected chi connectivity index (χ4v) is 20.0. The van der Waals surface area contributed by atoms with Crippen molar-refractivity contribution in [1.82, 2.24) is 0 Å². The normalized spacial score (nSPS) is 15.2. The van der Waals surface area contributed by atoms with E-state index in [1.807, 2.05) is 13.8 Å². The Bertz CT molecular complexity index is 494. The van der Waals surface area contributed by atoms with Crippen molar-refractivity contribution >= 4 is 26.7 Å². The van der Waals surface area contributed by atoms with Crippen LogP contribution in [0, 0.1) is 0 Å². The molecular weight excluding hydrogens is 543 g/mol. The van der Waals surface area contributed by atoms with Gasteiger partial charge in [0.2, 0.25) is 0 Å². The van der Waals surface area contributed by atoms with Crippen LogP contribution in [0.4, 0.5) is 0 Å². The molecule has 0 aliphatic heterocycles. The van der Waals surface area contributed by atoms with Crippen molar-refractivity contribution in [3.63, 3.8) is 0 Å². The summed E-state index contributed by atoms with van der Waals surface area (Å²) in [6.45, 7) is 24.4. The average Bonchev–Trinajstić information content (AvgIpc) is 2.76. The van der Waals surface area contributed by atoms with Gasteiger partial charge in [-0.2, -0.15) is 0 Å². The second-order valence-electron chi connectivity index (χ2n) is 11.8. The molecule has 5 heteroatoms. The number of ether oxygens (including phenoxy) is 2. The molecule has 0 spiro atoms. The van der Waals surface area contributed by atoms with Crippen LogP contribution in [0.15, 0.2) is 10.2 Å². The Morgan fingerprint density at radius 1 is 0.794 bits per heavy atom. The monoisotopic (exact) mass is 606 g/mol. The Morgan fingerprint density at radius 2 is 1.32 bits per heavy atom. The van der Waals surface area contributed by atoms with Gasteiger partial charge in [0.25, 0.3) is 0 Å². The topological polar surface area (TPSA) is 27.7 Å². The van der Waals surface area contributed by atoms with Crippen molar-refractivity contribution in [1.29, 1.82) is 0 Å². The van der Waals surface area contributed by atoms with Crippen LogP contribution in [0.25, 0.3) is 0 Å². The molecule has 2 unspecified atom stereocenters. The predicted molar refractivity (Wildman–Crippen MR) is 157 cm³/mol. The summed E-state index contributed by atoms with van der Waals surface area (Å²) in [5.41, 5.74) is 0. The zero-order valence-corrected chi connectivity index (χ0v) is 28.8. The van der Waals surface area contributed by atoms with Gasteiger partial charge in [-0.1, -0.05) is 0 Å². The van der Waals surface area contributed by atoms with Crippen molar-refractivity contribution in [3.8, 4) is 0 Å². The van der Waals surface area contributed by atoms with Gasteiger partial charge < -0.3 is 0 Å². The van der Waals surface area contributed by atoms with Crippen LogP contribution in [-0.2, 0) is 13.9 Å². The zero-order chi connectivity index (χ0) is 26.1. The summed E-state index contributed by atoms with van der Waals surface area (Å²) in [6, 6.07) is 0. The van der Waals surface area contributed by atoms with E-state index in [0.717, 1.165) is 25.9 Å². The molecule has 3 nitrogen and oxygen atoms in total. The molecule has 0 amide bonds. The summed E-state index contributed by atoms with van der Waals surface area (Å²) < 4.78 is 25.7. The zero-order valence-electron chi connectivity index (χ0n) is 24.9. The first-order chi connectivity index (χ1) is 16.0. The quantitative estimate of drug-likeness (QED) is 0.0741. The number of rotatable bonds is 21. The molecule has 0 radical (unpaired) electrons. The predicted octanol–water partition coefficient (Wildman–Crippen LogP) is 9.89. The molecule has 204 valence electrons. The van der Waals surface area contributed by atoms with E-state index in [-0.39, 0.29) is 17.4 Å². The van der Waals surface area contributed by atoms with Crippen LogP contribution in [0.3, 0.4) is 0 Å². The summed E-state index contributed by atoms with van der Waals surface area (Å²) in [4.78, 5) is 0. The van der Waals surface area contributed by atoms with E-state index in [1.54, 1.807) is 0 Å². The second kappa shape index (κ2) is 18.8. The van der Waals surface area contributed by atoms with Crippen LogP contribution >= 0.6 is 0 Å². The molecule has 0 heterocycles. The van der Waals surface area contributed by atoms with E-state index in [9.17, 15) is 0 Å². The van der Waals surface area contributed by atoms with Gasteiger partial charge >= 0.3 is 221 Å². The van der Waals surface area contributed by atoms with Crippen molar-refractivity contribution in [2.24, 2.45) is 0 Å². The van der Waals surface area contributed by atoms with Crippen LogP contribution in [-0.4, -0.2) is 52.3 Å². The SMILES string of the molecule is CCC[CH2][Sn](/[CH]=C/C(CCCCOC(C)OCC)O[Si](C)(C)C(C)(C)C)([CH2]CCC)[CH2]CCC. The Labute approximate surface area is 220 Å². The maximum absolute atomic E-state index is 7.00. The number of unbranched alkanes of at least 4 members (excludes halogenated alkanes) is 4. The van der Waals surface area contributed by atoms with Crippen molar-refractivity contribution in [3.05, 3.63) is 10.2 Å². The molecule has 0 aliphatic carbocycles. The molecule has 0 aromatic heterocycles. The van der Waals surface area contributed by atoms with Crippen LogP contribution in [0.1, 0.15) is 113 Å². The molecule has 0 bridgehead atoms. The summed E-state index contributed by atoms with van der Waals surface area (Å²) in [6.07, 6.45) is 14.3. The first-order valence-electron chi connectivity index (χ1n) is 14.6. The van der Waals surface area contributed by atoms with E-state index in [4.69, 9.17) is 13.9 Å². The van der Waals surface area contributed by atoms with E-state index in [2.05, 4.69) is 64.8 Å². The molecule has 0 aliphatic rings. The van der Waals surface area contributed by atoms with Gasteiger partial charge in [-0.15, -0.1) is 0 Å². The molecule has 0 saturated heterocycles.